The van der Waals surface area contributed by atoms with E-state index in [9.17, 15) is 14.0 Å². The van der Waals surface area contributed by atoms with Crippen LogP contribution < -0.4 is 15.5 Å². The van der Waals surface area contributed by atoms with Crippen molar-refractivity contribution in [3.63, 3.8) is 0 Å². The Kier molecular flexibility index (Phi) is 5.33. The average Bonchev–Trinajstić information content (AvgIpc) is 3.17. The summed E-state index contributed by atoms with van der Waals surface area (Å²) in [7, 11) is 3.53. The molecule has 1 aliphatic rings. The zero-order valence-corrected chi connectivity index (χ0v) is 18.6. The van der Waals surface area contributed by atoms with Gasteiger partial charge in [0.2, 0.25) is 6.17 Å². The van der Waals surface area contributed by atoms with Crippen LogP contribution in [0, 0.1) is 5.82 Å². The van der Waals surface area contributed by atoms with Crippen LogP contribution in [0.2, 0.25) is 0 Å². The monoisotopic (exact) mass is 455 g/mol. The first-order valence-corrected chi connectivity index (χ1v) is 10.7. The molecule has 7 nitrogen and oxygen atoms in total. The molecule has 1 aromatic heterocycles. The third kappa shape index (κ3) is 3.79. The van der Waals surface area contributed by atoms with E-state index in [0.29, 0.717) is 22.6 Å². The van der Waals surface area contributed by atoms with Crippen molar-refractivity contribution in [2.75, 3.05) is 17.3 Å². The number of aromatic nitrogens is 1. The molecule has 0 saturated carbocycles. The summed E-state index contributed by atoms with van der Waals surface area (Å²) in [4.78, 5) is 32.0. The van der Waals surface area contributed by atoms with Crippen LogP contribution in [-0.4, -0.2) is 35.4 Å². The summed E-state index contributed by atoms with van der Waals surface area (Å²) in [5.41, 5.74) is 3.25. The summed E-state index contributed by atoms with van der Waals surface area (Å²) >= 11 is 0. The second-order valence-electron chi connectivity index (χ2n) is 8.07. The summed E-state index contributed by atoms with van der Waals surface area (Å²) in [6, 6.07) is 20.3. The largest absolute Gasteiger partial charge is 0.350 e. The normalized spacial score (nSPS) is 15.5. The molecule has 0 saturated heterocycles. The number of benzodiazepines with no additional fused rings is 1. The second kappa shape index (κ2) is 8.47. The van der Waals surface area contributed by atoms with Gasteiger partial charge in [0.25, 0.3) is 5.91 Å². The van der Waals surface area contributed by atoms with E-state index in [1.165, 1.54) is 11.0 Å². The first kappa shape index (κ1) is 21.4. The van der Waals surface area contributed by atoms with E-state index in [2.05, 4.69) is 15.6 Å². The van der Waals surface area contributed by atoms with E-state index in [1.807, 2.05) is 36.0 Å². The molecule has 34 heavy (non-hydrogen) atoms. The number of hydrogen-bond acceptors (Lipinski definition) is 3. The lowest BCUT2D eigenvalue weighted by Crippen LogP contribution is -2.47. The first-order valence-electron chi connectivity index (χ1n) is 10.7. The van der Waals surface area contributed by atoms with Crippen molar-refractivity contribution in [1.82, 2.24) is 9.88 Å². The number of benzene rings is 3. The lowest BCUT2D eigenvalue weighted by Gasteiger charge is -2.21. The number of nitrogens with zero attached hydrogens (tertiary/aromatic N) is 3. The molecule has 3 aromatic carbocycles. The van der Waals surface area contributed by atoms with Gasteiger partial charge in [-0.2, -0.15) is 0 Å². The van der Waals surface area contributed by atoms with Crippen molar-refractivity contribution in [2.45, 2.75) is 6.17 Å². The van der Waals surface area contributed by atoms with Crippen molar-refractivity contribution < 1.29 is 14.0 Å². The Hall–Kier alpha value is -4.46. The van der Waals surface area contributed by atoms with Gasteiger partial charge in [0.1, 0.15) is 5.82 Å². The Morgan fingerprint density at radius 2 is 1.71 bits per heavy atom. The van der Waals surface area contributed by atoms with E-state index in [1.54, 1.807) is 55.6 Å². The summed E-state index contributed by atoms with van der Waals surface area (Å²) in [5.74, 6) is -0.904. The van der Waals surface area contributed by atoms with E-state index < -0.39 is 23.9 Å². The quantitative estimate of drug-likeness (QED) is 0.484. The smallest absolute Gasteiger partial charge is 0.321 e. The van der Waals surface area contributed by atoms with Gasteiger partial charge in [-0.25, -0.2) is 14.2 Å². The van der Waals surface area contributed by atoms with Crippen molar-refractivity contribution in [3.05, 3.63) is 95.9 Å². The molecule has 0 radical (unpaired) electrons. The molecule has 1 unspecified atom stereocenters. The molecule has 1 aliphatic heterocycles. The Bertz CT molecular complexity index is 1460. The molecule has 8 heteroatoms. The highest BCUT2D eigenvalue weighted by Gasteiger charge is 2.31. The minimum absolute atomic E-state index is 0.249. The first-order chi connectivity index (χ1) is 16.4. The highest BCUT2D eigenvalue weighted by molar-refractivity contribution is 6.20. The van der Waals surface area contributed by atoms with E-state index >= 15 is 0 Å². The number of amides is 3. The van der Waals surface area contributed by atoms with Crippen LogP contribution in [0.5, 0.6) is 0 Å². The fourth-order valence-electron chi connectivity index (χ4n) is 4.12. The average molecular weight is 455 g/mol. The van der Waals surface area contributed by atoms with Crippen LogP contribution in [0.4, 0.5) is 20.6 Å². The molecular weight excluding hydrogens is 433 g/mol. The minimum atomic E-state index is -1.24. The Morgan fingerprint density at radius 3 is 2.50 bits per heavy atom. The van der Waals surface area contributed by atoms with Crippen molar-refractivity contribution in [3.8, 4) is 0 Å². The highest BCUT2D eigenvalue weighted by Crippen LogP contribution is 2.28. The zero-order chi connectivity index (χ0) is 23.8. The third-order valence-corrected chi connectivity index (χ3v) is 5.89. The van der Waals surface area contributed by atoms with Gasteiger partial charge < -0.3 is 20.1 Å². The number of halogens is 1. The lowest BCUT2D eigenvalue weighted by atomic mass is 10.00. The van der Waals surface area contributed by atoms with Gasteiger partial charge >= 0.3 is 6.03 Å². The molecule has 5 rings (SSSR count). The van der Waals surface area contributed by atoms with Crippen molar-refractivity contribution in [2.24, 2.45) is 12.0 Å². The molecular formula is C26H22FN5O2. The molecule has 4 aromatic rings. The second-order valence-corrected chi connectivity index (χ2v) is 8.07. The molecule has 0 bridgehead atoms. The van der Waals surface area contributed by atoms with Crippen LogP contribution in [0.1, 0.15) is 11.1 Å². The number of likely N-dealkylation sites (N-methyl/N-ethyl adjacent to an activating group) is 1. The topological polar surface area (TPSA) is 78.7 Å². The number of carbonyl (C=O) groups excluding carboxylic acids is 2. The number of anilines is 2. The molecule has 1 atom stereocenters. The maximum absolute atomic E-state index is 14.7. The molecule has 0 aliphatic carbocycles. The zero-order valence-electron chi connectivity index (χ0n) is 18.6. The van der Waals surface area contributed by atoms with Gasteiger partial charge in [-0.05, 0) is 41.8 Å². The number of fused-ring (bicyclic) bond motifs is 2. The number of nitrogens with one attached hydrogen (secondary N) is 2. The van der Waals surface area contributed by atoms with Crippen LogP contribution in [0.3, 0.4) is 0 Å². The van der Waals surface area contributed by atoms with Gasteiger partial charge in [0.15, 0.2) is 0 Å². The Balaban J connectivity index is 1.49. The fourth-order valence-corrected chi connectivity index (χ4v) is 4.12. The van der Waals surface area contributed by atoms with Gasteiger partial charge in [0.05, 0.1) is 11.4 Å². The van der Waals surface area contributed by atoms with Crippen molar-refractivity contribution in [1.29, 1.82) is 0 Å². The van der Waals surface area contributed by atoms with E-state index in [0.717, 1.165) is 10.9 Å². The van der Waals surface area contributed by atoms with Crippen LogP contribution in [0.25, 0.3) is 10.9 Å². The Morgan fingerprint density at radius 1 is 0.971 bits per heavy atom. The maximum Gasteiger partial charge on any atom is 0.321 e. The number of para-hydroxylation sites is 1. The van der Waals surface area contributed by atoms with Gasteiger partial charge in [-0.3, -0.25) is 4.79 Å². The minimum Gasteiger partial charge on any atom is -0.350 e. The number of aliphatic imine (C=N–C) groups is 1. The number of aryl methyl sites for hydroxylation is 1. The van der Waals surface area contributed by atoms with Gasteiger partial charge in [-0.15, -0.1) is 0 Å². The fraction of sp³-hybridized carbons (Fsp3) is 0.115. The maximum atomic E-state index is 14.7. The van der Waals surface area contributed by atoms with Crippen LogP contribution in [0.15, 0.2) is 84.0 Å². The molecule has 3 amide bonds. The summed E-state index contributed by atoms with van der Waals surface area (Å²) < 4.78 is 16.7. The molecule has 2 N–H and O–H groups in total. The van der Waals surface area contributed by atoms with E-state index in [4.69, 9.17) is 0 Å². The predicted octanol–water partition coefficient (Wildman–Crippen LogP) is 4.28. The van der Waals surface area contributed by atoms with Crippen molar-refractivity contribution >= 4 is 39.9 Å². The van der Waals surface area contributed by atoms with Gasteiger partial charge in [-0.1, -0.05) is 36.4 Å². The van der Waals surface area contributed by atoms with E-state index in [-0.39, 0.29) is 5.56 Å². The van der Waals surface area contributed by atoms with Crippen LogP contribution >= 0.6 is 0 Å². The Labute approximate surface area is 195 Å². The molecule has 0 fully saturated rings. The predicted molar refractivity (Wildman–Crippen MR) is 131 cm³/mol. The summed E-state index contributed by atoms with van der Waals surface area (Å²) in [5, 5.41) is 6.45. The standard InChI is InChI=1S/C26H22FN5O2/c1-31-14-13-16-11-12-17(15-22(16)31)28-26(34)30-24-25(33)32(2)21-10-6-4-8-19(21)23(29-24)18-7-3-5-9-20(18)27/h3-15,24H,1-2H3,(H2,28,30,34). The molecule has 170 valence electrons. The summed E-state index contributed by atoms with van der Waals surface area (Å²) in [6.45, 7) is 0. The third-order valence-electron chi connectivity index (χ3n) is 5.89. The highest BCUT2D eigenvalue weighted by atomic mass is 19.1. The SMILES string of the molecule is CN1C(=O)C(NC(=O)Nc2ccc3ccn(C)c3c2)N=C(c2ccccc2F)c2ccccc21. The lowest BCUT2D eigenvalue weighted by molar-refractivity contribution is -0.119. The number of rotatable bonds is 3. The summed E-state index contributed by atoms with van der Waals surface area (Å²) in [6.07, 6.45) is 0.691. The number of hydrogen-bond donors (Lipinski definition) is 2. The van der Waals surface area contributed by atoms with Crippen LogP contribution in [-0.2, 0) is 11.8 Å². The van der Waals surface area contributed by atoms with Gasteiger partial charge in [0, 0.05) is 42.6 Å². The number of carbonyl (C=O) groups is 2. The molecule has 2 heterocycles. The molecule has 0 spiro atoms. The number of urea groups is 1.